The zero-order valence-electron chi connectivity index (χ0n) is 12.7. The number of halogens is 4. The highest BCUT2D eigenvalue weighted by atomic mass is 19.4. The monoisotopic (exact) mass is 333 g/mol. The van der Waals surface area contributed by atoms with Gasteiger partial charge in [0.2, 0.25) is 0 Å². The molecule has 128 valence electrons. The Balaban J connectivity index is 1.73. The van der Waals surface area contributed by atoms with E-state index in [1.165, 1.54) is 0 Å². The fourth-order valence-corrected chi connectivity index (χ4v) is 3.21. The molecule has 0 aromatic carbocycles. The highest BCUT2D eigenvalue weighted by molar-refractivity contribution is 5.42. The third kappa shape index (κ3) is 3.74. The summed E-state index contributed by atoms with van der Waals surface area (Å²) in [6.07, 6.45) is -2.01. The molecule has 0 aliphatic carbocycles. The molecular weight excluding hydrogens is 314 g/mol. The Kier molecular flexibility index (Phi) is 4.72. The number of ether oxygens (including phenoxy) is 1. The second-order valence-corrected chi connectivity index (χ2v) is 5.92. The topological polar surface area (TPSA) is 28.6 Å². The van der Waals surface area contributed by atoms with Crippen LogP contribution in [0.15, 0.2) is 12.3 Å². The van der Waals surface area contributed by atoms with E-state index >= 15 is 0 Å². The first-order chi connectivity index (χ1) is 10.9. The van der Waals surface area contributed by atoms with Crippen LogP contribution >= 0.6 is 0 Å². The predicted octanol–water partition coefficient (Wildman–Crippen LogP) is 2.54. The van der Waals surface area contributed by atoms with Crippen molar-refractivity contribution in [1.29, 1.82) is 0 Å². The summed E-state index contributed by atoms with van der Waals surface area (Å²) in [4.78, 5) is 7.79. The van der Waals surface area contributed by atoms with Crippen LogP contribution in [-0.4, -0.2) is 55.3 Å². The Hall–Kier alpha value is -1.41. The van der Waals surface area contributed by atoms with Crippen molar-refractivity contribution >= 4 is 5.82 Å². The lowest BCUT2D eigenvalue weighted by atomic mass is 10.0. The molecule has 1 aromatic rings. The van der Waals surface area contributed by atoms with Gasteiger partial charge in [-0.2, -0.15) is 13.2 Å². The molecule has 0 amide bonds. The lowest BCUT2D eigenvalue weighted by molar-refractivity contribution is -0.138. The zero-order valence-corrected chi connectivity index (χ0v) is 12.7. The first-order valence-electron chi connectivity index (χ1n) is 7.74. The molecule has 0 saturated carbocycles. The van der Waals surface area contributed by atoms with Crippen molar-refractivity contribution in [2.24, 2.45) is 0 Å². The number of pyridine rings is 1. The van der Waals surface area contributed by atoms with Gasteiger partial charge in [-0.05, 0) is 18.9 Å². The second kappa shape index (κ2) is 6.60. The molecule has 2 saturated heterocycles. The molecule has 0 radical (unpaired) electrons. The number of anilines is 1. The van der Waals surface area contributed by atoms with E-state index in [4.69, 9.17) is 4.74 Å². The molecule has 4 nitrogen and oxygen atoms in total. The van der Waals surface area contributed by atoms with Crippen molar-refractivity contribution in [2.75, 3.05) is 44.3 Å². The Morgan fingerprint density at radius 2 is 1.91 bits per heavy atom. The van der Waals surface area contributed by atoms with Gasteiger partial charge in [-0.25, -0.2) is 9.37 Å². The van der Waals surface area contributed by atoms with Gasteiger partial charge in [-0.3, -0.25) is 4.90 Å². The highest BCUT2D eigenvalue weighted by Gasteiger charge is 2.33. The largest absolute Gasteiger partial charge is 0.417 e. The number of hydrogen-bond donors (Lipinski definition) is 0. The number of aromatic nitrogens is 1. The maximum atomic E-state index is 14.1. The van der Waals surface area contributed by atoms with Crippen LogP contribution in [0.5, 0.6) is 0 Å². The molecule has 0 bridgehead atoms. The smallest absolute Gasteiger partial charge is 0.379 e. The number of piperidine rings is 1. The van der Waals surface area contributed by atoms with Crippen LogP contribution in [0.1, 0.15) is 18.4 Å². The molecule has 1 aromatic heterocycles. The standard InChI is InChI=1S/C15H19F4N3O/c16-13-8-11(15(17,18)19)9-20-14(13)22-3-1-2-12(10-22)21-4-6-23-7-5-21/h8-9,12H,1-7,10H2. The van der Waals surface area contributed by atoms with E-state index in [1.807, 2.05) is 0 Å². The minimum Gasteiger partial charge on any atom is -0.379 e. The Bertz CT molecular complexity index is 546. The summed E-state index contributed by atoms with van der Waals surface area (Å²) in [7, 11) is 0. The van der Waals surface area contributed by atoms with E-state index in [-0.39, 0.29) is 11.9 Å². The van der Waals surface area contributed by atoms with Crippen molar-refractivity contribution in [3.05, 3.63) is 23.6 Å². The van der Waals surface area contributed by atoms with E-state index in [2.05, 4.69) is 9.88 Å². The Labute approximate surface area is 132 Å². The van der Waals surface area contributed by atoms with Crippen LogP contribution < -0.4 is 4.90 Å². The quantitative estimate of drug-likeness (QED) is 0.778. The fraction of sp³-hybridized carbons (Fsp3) is 0.667. The van der Waals surface area contributed by atoms with Crippen molar-refractivity contribution in [1.82, 2.24) is 9.88 Å². The van der Waals surface area contributed by atoms with Gasteiger partial charge >= 0.3 is 6.18 Å². The molecule has 0 spiro atoms. The van der Waals surface area contributed by atoms with Gasteiger partial charge in [-0.1, -0.05) is 0 Å². The SMILES string of the molecule is Fc1cc(C(F)(F)F)cnc1N1CCCC(N2CCOCC2)C1. The minimum atomic E-state index is -4.58. The number of rotatable bonds is 2. The average molecular weight is 333 g/mol. The first kappa shape index (κ1) is 16.4. The summed E-state index contributed by atoms with van der Waals surface area (Å²) >= 11 is 0. The number of alkyl halides is 3. The van der Waals surface area contributed by atoms with Gasteiger partial charge in [0, 0.05) is 38.4 Å². The summed E-state index contributed by atoms with van der Waals surface area (Å²) in [6.45, 7) is 4.22. The minimum absolute atomic E-state index is 0.0101. The lowest BCUT2D eigenvalue weighted by Gasteiger charge is -2.41. The van der Waals surface area contributed by atoms with Crippen molar-refractivity contribution in [3.63, 3.8) is 0 Å². The van der Waals surface area contributed by atoms with Gasteiger partial charge in [-0.15, -0.1) is 0 Å². The maximum Gasteiger partial charge on any atom is 0.417 e. The summed E-state index contributed by atoms with van der Waals surface area (Å²) in [5, 5.41) is 0. The number of nitrogens with zero attached hydrogens (tertiary/aromatic N) is 3. The van der Waals surface area contributed by atoms with Crippen LogP contribution in [0.3, 0.4) is 0 Å². The van der Waals surface area contributed by atoms with E-state index in [0.717, 1.165) is 25.9 Å². The molecule has 1 atom stereocenters. The van der Waals surface area contributed by atoms with E-state index in [9.17, 15) is 17.6 Å². The van der Waals surface area contributed by atoms with E-state index < -0.39 is 17.6 Å². The molecular formula is C15H19F4N3O. The second-order valence-electron chi connectivity index (χ2n) is 5.92. The van der Waals surface area contributed by atoms with Crippen molar-refractivity contribution < 1.29 is 22.3 Å². The zero-order chi connectivity index (χ0) is 16.4. The van der Waals surface area contributed by atoms with E-state index in [0.29, 0.717) is 38.6 Å². The van der Waals surface area contributed by atoms with Crippen LogP contribution in [0, 0.1) is 5.82 Å². The van der Waals surface area contributed by atoms with Crippen LogP contribution in [0.2, 0.25) is 0 Å². The van der Waals surface area contributed by atoms with Crippen molar-refractivity contribution in [2.45, 2.75) is 25.1 Å². The third-order valence-corrected chi connectivity index (χ3v) is 4.41. The summed E-state index contributed by atoms with van der Waals surface area (Å²) in [6, 6.07) is 0.789. The van der Waals surface area contributed by atoms with Crippen LogP contribution in [0.4, 0.5) is 23.4 Å². The van der Waals surface area contributed by atoms with Gasteiger partial charge in [0.1, 0.15) is 0 Å². The number of hydrogen-bond acceptors (Lipinski definition) is 4. The molecule has 0 N–H and O–H groups in total. The Morgan fingerprint density at radius 3 is 2.57 bits per heavy atom. The third-order valence-electron chi connectivity index (χ3n) is 4.41. The molecule has 1 unspecified atom stereocenters. The first-order valence-corrected chi connectivity index (χ1v) is 7.74. The molecule has 2 aliphatic rings. The average Bonchev–Trinajstić information content (AvgIpc) is 2.55. The highest BCUT2D eigenvalue weighted by Crippen LogP contribution is 2.31. The molecule has 8 heteroatoms. The molecule has 2 fully saturated rings. The summed E-state index contributed by atoms with van der Waals surface area (Å²) in [5.41, 5.74) is -1.06. The molecule has 3 heterocycles. The van der Waals surface area contributed by atoms with Crippen LogP contribution in [-0.2, 0) is 10.9 Å². The van der Waals surface area contributed by atoms with Crippen LogP contribution in [0.25, 0.3) is 0 Å². The van der Waals surface area contributed by atoms with Gasteiger partial charge in [0.05, 0.1) is 18.8 Å². The van der Waals surface area contributed by atoms with Gasteiger partial charge in [0.25, 0.3) is 0 Å². The summed E-state index contributed by atoms with van der Waals surface area (Å²) < 4.78 is 57.3. The van der Waals surface area contributed by atoms with Crippen molar-refractivity contribution in [3.8, 4) is 0 Å². The predicted molar refractivity (Wildman–Crippen MR) is 76.8 cm³/mol. The molecule has 2 aliphatic heterocycles. The van der Waals surface area contributed by atoms with E-state index in [1.54, 1.807) is 4.90 Å². The molecule has 23 heavy (non-hydrogen) atoms. The fourth-order valence-electron chi connectivity index (χ4n) is 3.21. The van der Waals surface area contributed by atoms with Gasteiger partial charge in [0.15, 0.2) is 11.6 Å². The normalized spacial score (nSPS) is 24.0. The van der Waals surface area contributed by atoms with Gasteiger partial charge < -0.3 is 9.64 Å². The number of morpholine rings is 1. The lowest BCUT2D eigenvalue weighted by Crippen LogP contribution is -2.52. The molecule has 3 rings (SSSR count). The maximum absolute atomic E-state index is 14.1. The Morgan fingerprint density at radius 1 is 1.17 bits per heavy atom. The summed E-state index contributed by atoms with van der Waals surface area (Å²) in [5.74, 6) is -0.904.